The minimum Gasteiger partial charge on any atom is -0.320 e. The average Bonchev–Trinajstić information content (AvgIpc) is 2.37. The van der Waals surface area contributed by atoms with Crippen LogP contribution in [0.4, 0.5) is 13.2 Å². The maximum atomic E-state index is 11.9. The Hall–Kier alpha value is -0.690. The predicted octanol–water partition coefficient (Wildman–Crippen LogP) is 0.970. The molecule has 0 aliphatic heterocycles. The first kappa shape index (κ1) is 9.40. The molecule has 1 rings (SSSR count). The fourth-order valence-electron chi connectivity index (χ4n) is 0.614. The summed E-state index contributed by atoms with van der Waals surface area (Å²) in [5, 5.41) is 4.91. The largest absolute Gasteiger partial charge is 0.404 e. The molecule has 0 spiro atoms. The van der Waals surface area contributed by atoms with Crippen molar-refractivity contribution in [2.45, 2.75) is 18.6 Å². The summed E-state index contributed by atoms with van der Waals surface area (Å²) in [7, 11) is 0. The Kier molecular flexibility index (Phi) is 2.63. The number of rotatable bonds is 2. The van der Waals surface area contributed by atoms with Crippen molar-refractivity contribution in [1.82, 2.24) is 9.59 Å². The lowest BCUT2D eigenvalue weighted by molar-refractivity contribution is -0.147. The highest BCUT2D eigenvalue weighted by molar-refractivity contribution is 7.03. The number of nitrogens with two attached hydrogens (primary N) is 1. The summed E-state index contributed by atoms with van der Waals surface area (Å²) >= 11 is 1.01. The van der Waals surface area contributed by atoms with Crippen LogP contribution in [0.3, 0.4) is 0 Å². The van der Waals surface area contributed by atoms with Crippen LogP contribution in [0.5, 0.6) is 0 Å². The standard InChI is InChI=1S/C5H6F3N3S/c6-5(7,8)4(9)1-3-2-12-11-10-3/h2,4H,1,9H2. The number of aromatic nitrogens is 2. The Morgan fingerprint density at radius 3 is 2.67 bits per heavy atom. The summed E-state index contributed by atoms with van der Waals surface area (Å²) in [6.45, 7) is 0. The van der Waals surface area contributed by atoms with Gasteiger partial charge in [-0.05, 0) is 11.5 Å². The lowest BCUT2D eigenvalue weighted by atomic mass is 10.2. The number of alkyl halides is 3. The molecule has 0 amide bonds. The lowest BCUT2D eigenvalue weighted by Gasteiger charge is -2.13. The van der Waals surface area contributed by atoms with E-state index in [1.807, 2.05) is 0 Å². The Labute approximate surface area is 70.6 Å². The minimum atomic E-state index is -4.36. The van der Waals surface area contributed by atoms with E-state index in [2.05, 4.69) is 9.59 Å². The van der Waals surface area contributed by atoms with Crippen molar-refractivity contribution in [3.8, 4) is 0 Å². The Morgan fingerprint density at radius 2 is 2.25 bits per heavy atom. The molecule has 0 aromatic carbocycles. The second-order valence-corrected chi connectivity index (χ2v) is 2.86. The molecule has 1 heterocycles. The van der Waals surface area contributed by atoms with E-state index in [-0.39, 0.29) is 12.1 Å². The van der Waals surface area contributed by atoms with E-state index in [4.69, 9.17) is 5.73 Å². The SMILES string of the molecule is NC(Cc1csnn1)C(F)(F)F. The highest BCUT2D eigenvalue weighted by Gasteiger charge is 2.36. The zero-order chi connectivity index (χ0) is 9.19. The van der Waals surface area contributed by atoms with Gasteiger partial charge in [-0.25, -0.2) is 0 Å². The molecule has 0 aliphatic carbocycles. The molecule has 3 nitrogen and oxygen atoms in total. The minimum absolute atomic E-state index is 0.282. The Bertz CT molecular complexity index is 233. The highest BCUT2D eigenvalue weighted by Crippen LogP contribution is 2.20. The van der Waals surface area contributed by atoms with Gasteiger partial charge in [0.15, 0.2) is 0 Å². The first-order valence-corrected chi connectivity index (χ1v) is 3.92. The quantitative estimate of drug-likeness (QED) is 0.768. The number of nitrogens with zero attached hydrogens (tertiary/aromatic N) is 2. The molecule has 68 valence electrons. The van der Waals surface area contributed by atoms with Crippen LogP contribution in [-0.2, 0) is 6.42 Å². The normalized spacial score (nSPS) is 14.7. The molecule has 2 N–H and O–H groups in total. The highest BCUT2D eigenvalue weighted by atomic mass is 32.1. The van der Waals surface area contributed by atoms with Crippen LogP contribution in [0.2, 0.25) is 0 Å². The number of halogens is 3. The molecule has 12 heavy (non-hydrogen) atoms. The Balaban J connectivity index is 2.53. The number of hydrogen-bond donors (Lipinski definition) is 1. The molecule has 1 aromatic rings. The summed E-state index contributed by atoms with van der Waals surface area (Å²) in [5.41, 5.74) is 5.14. The van der Waals surface area contributed by atoms with E-state index in [1.54, 1.807) is 0 Å². The van der Waals surface area contributed by atoms with E-state index in [0.717, 1.165) is 11.5 Å². The summed E-state index contributed by atoms with van der Waals surface area (Å²) < 4.78 is 39.0. The molecule has 1 unspecified atom stereocenters. The van der Waals surface area contributed by atoms with Crippen molar-refractivity contribution in [2.24, 2.45) is 5.73 Å². The molecule has 0 saturated carbocycles. The van der Waals surface area contributed by atoms with E-state index in [9.17, 15) is 13.2 Å². The summed E-state index contributed by atoms with van der Waals surface area (Å²) in [6.07, 6.45) is -4.66. The summed E-state index contributed by atoms with van der Waals surface area (Å²) in [5.74, 6) is 0. The molecular formula is C5H6F3N3S. The van der Waals surface area contributed by atoms with Crippen molar-refractivity contribution in [1.29, 1.82) is 0 Å². The molecule has 0 bridgehead atoms. The van der Waals surface area contributed by atoms with E-state index < -0.39 is 12.2 Å². The fourth-order valence-corrected chi connectivity index (χ4v) is 1.08. The van der Waals surface area contributed by atoms with Gasteiger partial charge in [0.1, 0.15) is 6.04 Å². The van der Waals surface area contributed by atoms with Crippen molar-refractivity contribution in [3.05, 3.63) is 11.1 Å². The smallest absolute Gasteiger partial charge is 0.320 e. The predicted molar refractivity (Wildman–Crippen MR) is 37.6 cm³/mol. The van der Waals surface area contributed by atoms with Gasteiger partial charge in [0.2, 0.25) is 0 Å². The van der Waals surface area contributed by atoms with Crippen LogP contribution in [0.25, 0.3) is 0 Å². The van der Waals surface area contributed by atoms with Gasteiger partial charge in [-0.15, -0.1) is 5.10 Å². The summed E-state index contributed by atoms with van der Waals surface area (Å²) in [4.78, 5) is 0. The van der Waals surface area contributed by atoms with Crippen LogP contribution >= 0.6 is 11.5 Å². The van der Waals surface area contributed by atoms with Crippen LogP contribution in [0, 0.1) is 0 Å². The average molecular weight is 197 g/mol. The second kappa shape index (κ2) is 3.36. The number of hydrogen-bond acceptors (Lipinski definition) is 4. The molecular weight excluding hydrogens is 191 g/mol. The second-order valence-electron chi connectivity index (χ2n) is 2.25. The van der Waals surface area contributed by atoms with Gasteiger partial charge in [0.05, 0.1) is 5.69 Å². The van der Waals surface area contributed by atoms with Gasteiger partial charge < -0.3 is 5.73 Å². The maximum absolute atomic E-state index is 11.9. The van der Waals surface area contributed by atoms with Crippen LogP contribution < -0.4 is 5.73 Å². The van der Waals surface area contributed by atoms with Crippen LogP contribution in [0.15, 0.2) is 5.38 Å². The zero-order valence-electron chi connectivity index (χ0n) is 5.88. The van der Waals surface area contributed by atoms with Crippen LogP contribution in [0.1, 0.15) is 5.69 Å². The zero-order valence-corrected chi connectivity index (χ0v) is 6.69. The fraction of sp³-hybridized carbons (Fsp3) is 0.600. The maximum Gasteiger partial charge on any atom is 0.404 e. The van der Waals surface area contributed by atoms with Gasteiger partial charge in [-0.2, -0.15) is 13.2 Å². The molecule has 0 radical (unpaired) electrons. The van der Waals surface area contributed by atoms with Crippen molar-refractivity contribution >= 4 is 11.5 Å². The van der Waals surface area contributed by atoms with Crippen molar-refractivity contribution < 1.29 is 13.2 Å². The van der Waals surface area contributed by atoms with Gasteiger partial charge in [-0.1, -0.05) is 4.49 Å². The molecule has 1 aromatic heterocycles. The van der Waals surface area contributed by atoms with Gasteiger partial charge >= 0.3 is 6.18 Å². The van der Waals surface area contributed by atoms with Crippen LogP contribution in [-0.4, -0.2) is 21.8 Å². The third kappa shape index (κ3) is 2.42. The van der Waals surface area contributed by atoms with Gasteiger partial charge in [-0.3, -0.25) is 0 Å². The van der Waals surface area contributed by atoms with E-state index in [0.29, 0.717) is 0 Å². The first-order valence-electron chi connectivity index (χ1n) is 3.08. The van der Waals surface area contributed by atoms with Gasteiger partial charge in [0.25, 0.3) is 0 Å². The Morgan fingerprint density at radius 1 is 1.58 bits per heavy atom. The first-order chi connectivity index (χ1) is 5.50. The van der Waals surface area contributed by atoms with Crippen molar-refractivity contribution in [3.63, 3.8) is 0 Å². The van der Waals surface area contributed by atoms with E-state index in [1.165, 1.54) is 5.38 Å². The topological polar surface area (TPSA) is 51.8 Å². The monoisotopic (exact) mass is 197 g/mol. The molecule has 7 heteroatoms. The van der Waals surface area contributed by atoms with Gasteiger partial charge in [0, 0.05) is 11.8 Å². The van der Waals surface area contributed by atoms with Crippen molar-refractivity contribution in [2.75, 3.05) is 0 Å². The molecule has 1 atom stereocenters. The third-order valence-corrected chi connectivity index (χ3v) is 1.81. The third-order valence-electron chi connectivity index (χ3n) is 1.25. The lowest BCUT2D eigenvalue weighted by Crippen LogP contribution is -2.39. The van der Waals surface area contributed by atoms with E-state index >= 15 is 0 Å². The molecule has 0 aliphatic rings. The molecule has 0 saturated heterocycles. The summed E-state index contributed by atoms with van der Waals surface area (Å²) in [6, 6.07) is -1.85. The molecule has 0 fully saturated rings.